The Labute approximate surface area is 152 Å². The van der Waals surface area contributed by atoms with Crippen molar-refractivity contribution >= 4 is 11.8 Å². The second-order valence-electron chi connectivity index (χ2n) is 7.99. The van der Waals surface area contributed by atoms with Gasteiger partial charge in [0.2, 0.25) is 0 Å². The van der Waals surface area contributed by atoms with Gasteiger partial charge in [0.05, 0.1) is 14.1 Å². The third-order valence-corrected chi connectivity index (χ3v) is 5.61. The number of unbranched alkanes of at least 4 members (excludes halogenated alkanes) is 14. The molecule has 0 aromatic carbocycles. The Morgan fingerprint density at radius 1 is 0.609 bits per heavy atom. The van der Waals surface area contributed by atoms with Gasteiger partial charge in [0.15, 0.2) is 11.8 Å². The summed E-state index contributed by atoms with van der Waals surface area (Å²) in [4.78, 5) is 0. The fourth-order valence-corrected chi connectivity index (χ4v) is 3.22. The molecule has 1 nitrogen and oxygen atoms in total. The van der Waals surface area contributed by atoms with E-state index in [-0.39, 0.29) is 0 Å². The Bertz CT molecular complexity index is 234. The first-order chi connectivity index (χ1) is 11.0. The highest BCUT2D eigenvalue weighted by Gasteiger charge is 2.20. The SMILES string of the molecule is CCCCCCCCCCCCCCCCCC(C)[N+](C)(C)Cl. The molecule has 2 heteroatoms. The fourth-order valence-electron chi connectivity index (χ4n) is 3.12. The highest BCUT2D eigenvalue weighted by Crippen LogP contribution is 2.18. The Balaban J connectivity index is 3.11. The minimum atomic E-state index is 0.568. The molecule has 0 aliphatic rings. The summed E-state index contributed by atoms with van der Waals surface area (Å²) in [5.74, 6) is 0. The Morgan fingerprint density at radius 3 is 1.22 bits per heavy atom. The van der Waals surface area contributed by atoms with Crippen molar-refractivity contribution in [2.75, 3.05) is 14.1 Å². The molecular weight excluding hydrogens is 302 g/mol. The Kier molecular flexibility index (Phi) is 15.9. The lowest BCUT2D eigenvalue weighted by Gasteiger charge is -2.26. The molecule has 0 radical (unpaired) electrons. The maximum Gasteiger partial charge on any atom is 0.165 e. The van der Waals surface area contributed by atoms with Gasteiger partial charge in [-0.2, -0.15) is 0 Å². The minimum absolute atomic E-state index is 0.568. The van der Waals surface area contributed by atoms with E-state index in [0.29, 0.717) is 10.0 Å². The van der Waals surface area contributed by atoms with Gasteiger partial charge in [-0.15, -0.1) is 0 Å². The van der Waals surface area contributed by atoms with Crippen molar-refractivity contribution in [3.63, 3.8) is 0 Å². The van der Waals surface area contributed by atoms with Gasteiger partial charge in [0, 0.05) is 6.42 Å². The van der Waals surface area contributed by atoms with Crippen LogP contribution in [0, 0.1) is 0 Å². The van der Waals surface area contributed by atoms with Gasteiger partial charge in [0.1, 0.15) is 6.04 Å². The lowest BCUT2D eigenvalue weighted by molar-refractivity contribution is -0.798. The maximum absolute atomic E-state index is 6.29. The minimum Gasteiger partial charge on any atom is -0.225 e. The molecule has 0 aliphatic carbocycles. The van der Waals surface area contributed by atoms with Crippen LogP contribution in [0.1, 0.15) is 117 Å². The topological polar surface area (TPSA) is 0 Å². The third-order valence-electron chi connectivity index (χ3n) is 5.27. The van der Waals surface area contributed by atoms with E-state index >= 15 is 0 Å². The summed E-state index contributed by atoms with van der Waals surface area (Å²) in [5.41, 5.74) is 0. The summed E-state index contributed by atoms with van der Waals surface area (Å²) in [6, 6.07) is 0.568. The van der Waals surface area contributed by atoms with Crippen LogP contribution in [0.25, 0.3) is 0 Å². The van der Waals surface area contributed by atoms with Crippen molar-refractivity contribution in [2.45, 2.75) is 123 Å². The lowest BCUT2D eigenvalue weighted by Crippen LogP contribution is -2.37. The van der Waals surface area contributed by atoms with E-state index < -0.39 is 0 Å². The van der Waals surface area contributed by atoms with E-state index in [1.165, 1.54) is 103 Å². The molecular formula is C21H45ClN+. The average Bonchev–Trinajstić information content (AvgIpc) is 2.50. The van der Waals surface area contributed by atoms with E-state index in [1.807, 2.05) is 0 Å². The second-order valence-corrected chi connectivity index (χ2v) is 8.86. The standard InChI is InChI=1S/C21H45ClN/c1-5-6-7-8-9-10-11-12-13-14-15-16-17-18-19-20-21(2)23(3,4)22/h21H,5-20H2,1-4H3/q+1. The third kappa shape index (κ3) is 16.9. The molecule has 0 saturated carbocycles. The molecule has 0 rings (SSSR count). The summed E-state index contributed by atoms with van der Waals surface area (Å²) < 4.78 is 0.582. The largest absolute Gasteiger partial charge is 0.225 e. The van der Waals surface area contributed by atoms with Crippen LogP contribution in [-0.2, 0) is 0 Å². The van der Waals surface area contributed by atoms with Crippen LogP contribution >= 0.6 is 11.8 Å². The monoisotopic (exact) mass is 346 g/mol. The van der Waals surface area contributed by atoms with Crippen molar-refractivity contribution in [2.24, 2.45) is 0 Å². The molecule has 0 aromatic heterocycles. The number of quaternary nitrogens is 1. The summed E-state index contributed by atoms with van der Waals surface area (Å²) in [6.07, 6.45) is 22.8. The van der Waals surface area contributed by atoms with E-state index in [9.17, 15) is 0 Å². The molecule has 23 heavy (non-hydrogen) atoms. The highest BCUT2D eigenvalue weighted by molar-refractivity contribution is 6.06. The first kappa shape index (κ1) is 23.2. The van der Waals surface area contributed by atoms with Crippen molar-refractivity contribution in [3.05, 3.63) is 0 Å². The van der Waals surface area contributed by atoms with Crippen LogP contribution in [0.5, 0.6) is 0 Å². The zero-order valence-corrected chi connectivity index (χ0v) is 17.5. The molecule has 0 saturated heterocycles. The number of rotatable bonds is 17. The van der Waals surface area contributed by atoms with Crippen molar-refractivity contribution in [1.29, 1.82) is 0 Å². The average molecular weight is 347 g/mol. The number of halogens is 1. The zero-order valence-electron chi connectivity index (χ0n) is 16.7. The quantitative estimate of drug-likeness (QED) is 0.185. The normalized spacial score (nSPS) is 13.4. The van der Waals surface area contributed by atoms with Crippen LogP contribution in [0.4, 0.5) is 0 Å². The van der Waals surface area contributed by atoms with Gasteiger partial charge < -0.3 is 0 Å². The highest BCUT2D eigenvalue weighted by atomic mass is 35.5. The van der Waals surface area contributed by atoms with Crippen molar-refractivity contribution < 1.29 is 4.00 Å². The molecule has 140 valence electrons. The Hall–Kier alpha value is 0.250. The molecule has 0 aromatic rings. The predicted octanol–water partition coefficient (Wildman–Crippen LogP) is 7.87. The summed E-state index contributed by atoms with van der Waals surface area (Å²) in [6.45, 7) is 4.55. The molecule has 0 aliphatic heterocycles. The van der Waals surface area contributed by atoms with E-state index in [2.05, 4.69) is 27.9 Å². The summed E-state index contributed by atoms with van der Waals surface area (Å²) >= 11 is 6.29. The molecule has 1 atom stereocenters. The van der Waals surface area contributed by atoms with Gasteiger partial charge in [-0.3, -0.25) is 0 Å². The molecule has 0 amide bonds. The first-order valence-corrected chi connectivity index (χ1v) is 10.9. The van der Waals surface area contributed by atoms with Crippen molar-refractivity contribution in [3.8, 4) is 0 Å². The summed E-state index contributed by atoms with van der Waals surface area (Å²) in [7, 11) is 4.16. The Morgan fingerprint density at radius 2 is 0.913 bits per heavy atom. The molecule has 0 fully saturated rings. The van der Waals surface area contributed by atoms with E-state index in [4.69, 9.17) is 11.8 Å². The van der Waals surface area contributed by atoms with E-state index in [0.717, 1.165) is 0 Å². The van der Waals surface area contributed by atoms with Gasteiger partial charge in [0.25, 0.3) is 0 Å². The van der Waals surface area contributed by atoms with Crippen LogP contribution in [0.2, 0.25) is 0 Å². The number of hydrogen-bond acceptors (Lipinski definition) is 0. The lowest BCUT2D eigenvalue weighted by atomic mass is 10.0. The van der Waals surface area contributed by atoms with Crippen LogP contribution < -0.4 is 0 Å². The van der Waals surface area contributed by atoms with Crippen LogP contribution in [0.3, 0.4) is 0 Å². The fraction of sp³-hybridized carbons (Fsp3) is 1.00. The van der Waals surface area contributed by atoms with Gasteiger partial charge >= 0.3 is 0 Å². The van der Waals surface area contributed by atoms with Crippen molar-refractivity contribution in [1.82, 2.24) is 0 Å². The van der Waals surface area contributed by atoms with Crippen LogP contribution in [0.15, 0.2) is 0 Å². The van der Waals surface area contributed by atoms with Gasteiger partial charge in [-0.05, 0) is 13.3 Å². The smallest absolute Gasteiger partial charge is 0.165 e. The molecule has 0 bridgehead atoms. The van der Waals surface area contributed by atoms with Gasteiger partial charge in [-0.25, -0.2) is 4.00 Å². The molecule has 0 N–H and O–H groups in total. The van der Waals surface area contributed by atoms with Crippen LogP contribution in [-0.4, -0.2) is 24.1 Å². The maximum atomic E-state index is 6.29. The molecule has 0 spiro atoms. The molecule has 1 unspecified atom stereocenters. The zero-order chi connectivity index (χ0) is 17.4. The van der Waals surface area contributed by atoms with Gasteiger partial charge in [-0.1, -0.05) is 96.8 Å². The molecule has 0 heterocycles. The summed E-state index contributed by atoms with van der Waals surface area (Å²) in [5, 5.41) is 0. The number of nitrogens with zero attached hydrogens (tertiary/aromatic N) is 1. The van der Waals surface area contributed by atoms with E-state index in [1.54, 1.807) is 0 Å². The second kappa shape index (κ2) is 15.8. The predicted molar refractivity (Wildman–Crippen MR) is 107 cm³/mol. The first-order valence-electron chi connectivity index (χ1n) is 10.5. The number of hydrogen-bond donors (Lipinski definition) is 0.